The Labute approximate surface area is 154 Å². The van der Waals surface area contributed by atoms with Gasteiger partial charge in [0.15, 0.2) is 0 Å². The Balaban J connectivity index is 1.43. The Morgan fingerprint density at radius 3 is 2.58 bits per heavy atom. The third-order valence-electron chi connectivity index (χ3n) is 4.59. The molecule has 3 aromatic rings. The van der Waals surface area contributed by atoms with Crippen LogP contribution in [0.25, 0.3) is 4.96 Å². The number of hydrogen-bond acceptors (Lipinski definition) is 6. The van der Waals surface area contributed by atoms with Crippen LogP contribution in [0.2, 0.25) is 0 Å². The minimum absolute atomic E-state index is 0.120. The van der Waals surface area contributed by atoms with Crippen LogP contribution in [-0.4, -0.2) is 45.7 Å². The molecule has 1 aliphatic rings. The number of rotatable bonds is 4. The molecule has 1 fully saturated rings. The van der Waals surface area contributed by atoms with Gasteiger partial charge in [-0.3, -0.25) is 9.69 Å². The van der Waals surface area contributed by atoms with E-state index < -0.39 is 0 Å². The summed E-state index contributed by atoms with van der Waals surface area (Å²) in [5, 5.41) is 5.20. The quantitative estimate of drug-likeness (QED) is 0.702. The fraction of sp³-hybridized carbons (Fsp3) is 0.389. The van der Waals surface area contributed by atoms with E-state index in [1.54, 1.807) is 6.07 Å². The Hall–Kier alpha value is -2.32. The Kier molecular flexibility index (Phi) is 4.69. The maximum absolute atomic E-state index is 13.1. The van der Waals surface area contributed by atoms with Gasteiger partial charge in [-0.1, -0.05) is 18.3 Å². The summed E-state index contributed by atoms with van der Waals surface area (Å²) in [6, 6.07) is 8.20. The van der Waals surface area contributed by atoms with Crippen molar-refractivity contribution in [1.82, 2.24) is 19.5 Å². The molecule has 0 spiro atoms. The molecule has 3 heterocycles. The summed E-state index contributed by atoms with van der Waals surface area (Å²) in [4.78, 5) is 22.1. The van der Waals surface area contributed by atoms with E-state index >= 15 is 0 Å². The van der Waals surface area contributed by atoms with Crippen LogP contribution >= 0.6 is 11.3 Å². The van der Waals surface area contributed by atoms with Gasteiger partial charge in [0.05, 0.1) is 5.69 Å². The SMILES string of the molecule is CCc1nn2c(=O)cc(CN3CCN(c4ccc(F)cc4)CC3)nc2s1. The average Bonchev–Trinajstić information content (AvgIpc) is 3.07. The van der Waals surface area contributed by atoms with Gasteiger partial charge < -0.3 is 4.90 Å². The molecule has 1 aromatic carbocycles. The maximum atomic E-state index is 13.1. The van der Waals surface area contributed by atoms with Gasteiger partial charge in [-0.2, -0.15) is 9.61 Å². The molecule has 0 amide bonds. The minimum Gasteiger partial charge on any atom is -0.369 e. The zero-order chi connectivity index (χ0) is 18.1. The molecule has 0 aliphatic carbocycles. The van der Waals surface area contributed by atoms with Crippen LogP contribution in [0.4, 0.5) is 10.1 Å². The molecule has 0 unspecified atom stereocenters. The van der Waals surface area contributed by atoms with Gasteiger partial charge >= 0.3 is 0 Å². The summed E-state index contributed by atoms with van der Waals surface area (Å²) in [6.45, 7) is 6.16. The van der Waals surface area contributed by atoms with Crippen molar-refractivity contribution in [3.8, 4) is 0 Å². The standard InChI is InChI=1S/C18H20FN5OS/c1-2-16-21-24-17(25)11-14(20-18(24)26-16)12-22-7-9-23(10-8-22)15-5-3-13(19)4-6-15/h3-6,11H,2,7-10,12H2,1H3. The lowest BCUT2D eigenvalue weighted by Crippen LogP contribution is -2.46. The van der Waals surface area contributed by atoms with E-state index in [1.165, 1.54) is 28.0 Å². The van der Waals surface area contributed by atoms with Gasteiger partial charge in [0, 0.05) is 44.5 Å². The van der Waals surface area contributed by atoms with Gasteiger partial charge in [-0.05, 0) is 30.7 Å². The third kappa shape index (κ3) is 3.47. The first-order chi connectivity index (χ1) is 12.6. The average molecular weight is 373 g/mol. The Morgan fingerprint density at radius 1 is 1.15 bits per heavy atom. The number of aryl methyl sites for hydroxylation is 1. The highest BCUT2D eigenvalue weighted by Crippen LogP contribution is 2.18. The Bertz CT molecular complexity index is 960. The van der Waals surface area contributed by atoms with Crippen molar-refractivity contribution in [2.45, 2.75) is 19.9 Å². The molecule has 2 aromatic heterocycles. The van der Waals surface area contributed by atoms with Gasteiger partial charge in [0.1, 0.15) is 10.8 Å². The molecule has 0 radical (unpaired) electrons. The van der Waals surface area contributed by atoms with E-state index in [0.29, 0.717) is 11.5 Å². The highest BCUT2D eigenvalue weighted by molar-refractivity contribution is 7.16. The van der Waals surface area contributed by atoms with Gasteiger partial charge in [-0.25, -0.2) is 9.37 Å². The largest absolute Gasteiger partial charge is 0.369 e. The Morgan fingerprint density at radius 2 is 1.88 bits per heavy atom. The number of piperazine rings is 1. The van der Waals surface area contributed by atoms with Crippen molar-refractivity contribution in [1.29, 1.82) is 0 Å². The molecule has 4 rings (SSSR count). The summed E-state index contributed by atoms with van der Waals surface area (Å²) < 4.78 is 14.4. The summed E-state index contributed by atoms with van der Waals surface area (Å²) >= 11 is 1.47. The second-order valence-corrected chi connectivity index (χ2v) is 7.41. The van der Waals surface area contributed by atoms with Crippen molar-refractivity contribution in [3.05, 3.63) is 57.2 Å². The monoisotopic (exact) mass is 373 g/mol. The molecule has 1 aliphatic heterocycles. The first kappa shape index (κ1) is 17.1. The number of hydrogen-bond donors (Lipinski definition) is 0. The zero-order valence-electron chi connectivity index (χ0n) is 14.6. The van der Waals surface area contributed by atoms with Crippen molar-refractivity contribution in [2.24, 2.45) is 0 Å². The lowest BCUT2D eigenvalue weighted by Gasteiger charge is -2.35. The molecular formula is C18H20FN5OS. The van der Waals surface area contributed by atoms with Crippen LogP contribution in [0.3, 0.4) is 0 Å². The predicted molar refractivity (Wildman–Crippen MR) is 100 cm³/mol. The topological polar surface area (TPSA) is 53.7 Å². The molecule has 8 heteroatoms. The van der Waals surface area contributed by atoms with E-state index in [2.05, 4.69) is 19.9 Å². The summed E-state index contributed by atoms with van der Waals surface area (Å²) in [7, 11) is 0. The molecule has 1 saturated heterocycles. The fourth-order valence-corrected chi connectivity index (χ4v) is 4.02. The summed E-state index contributed by atoms with van der Waals surface area (Å²) in [6.07, 6.45) is 0.800. The minimum atomic E-state index is -0.213. The predicted octanol–water partition coefficient (Wildman–Crippen LogP) is 2.17. The molecule has 136 valence electrons. The molecule has 6 nitrogen and oxygen atoms in total. The van der Waals surface area contributed by atoms with Gasteiger partial charge in [-0.15, -0.1) is 0 Å². The summed E-state index contributed by atoms with van der Waals surface area (Å²) in [5.74, 6) is -0.213. The molecule has 0 saturated carbocycles. The number of anilines is 1. The van der Waals surface area contributed by atoms with E-state index in [-0.39, 0.29) is 11.4 Å². The molecule has 26 heavy (non-hydrogen) atoms. The lowest BCUT2D eigenvalue weighted by molar-refractivity contribution is 0.247. The van der Waals surface area contributed by atoms with Crippen LogP contribution < -0.4 is 10.5 Å². The van der Waals surface area contributed by atoms with E-state index in [0.717, 1.165) is 49.0 Å². The number of halogens is 1. The van der Waals surface area contributed by atoms with Crippen molar-refractivity contribution in [2.75, 3.05) is 31.1 Å². The van der Waals surface area contributed by atoms with E-state index in [1.807, 2.05) is 19.1 Å². The summed E-state index contributed by atoms with van der Waals surface area (Å²) in [5.41, 5.74) is 1.71. The lowest BCUT2D eigenvalue weighted by atomic mass is 10.2. The molecule has 0 bridgehead atoms. The van der Waals surface area contributed by atoms with Gasteiger partial charge in [0.25, 0.3) is 5.56 Å². The number of nitrogens with zero attached hydrogens (tertiary/aromatic N) is 5. The third-order valence-corrected chi connectivity index (χ3v) is 5.64. The second-order valence-electron chi connectivity index (χ2n) is 6.37. The van der Waals surface area contributed by atoms with Gasteiger partial charge in [0.2, 0.25) is 4.96 Å². The highest BCUT2D eigenvalue weighted by Gasteiger charge is 2.18. The molecule has 0 N–H and O–H groups in total. The van der Waals surface area contributed by atoms with Crippen LogP contribution in [0.15, 0.2) is 35.1 Å². The van der Waals surface area contributed by atoms with Crippen LogP contribution in [-0.2, 0) is 13.0 Å². The first-order valence-electron chi connectivity index (χ1n) is 8.74. The van der Waals surface area contributed by atoms with Crippen molar-refractivity contribution in [3.63, 3.8) is 0 Å². The van der Waals surface area contributed by atoms with E-state index in [9.17, 15) is 9.18 Å². The molecular weight excluding hydrogens is 353 g/mol. The first-order valence-corrected chi connectivity index (χ1v) is 9.55. The smallest absolute Gasteiger partial charge is 0.275 e. The van der Waals surface area contributed by atoms with Crippen molar-refractivity contribution >= 4 is 22.0 Å². The van der Waals surface area contributed by atoms with Crippen LogP contribution in [0, 0.1) is 5.82 Å². The van der Waals surface area contributed by atoms with Crippen LogP contribution in [0.5, 0.6) is 0 Å². The van der Waals surface area contributed by atoms with Crippen molar-refractivity contribution < 1.29 is 4.39 Å². The highest BCUT2D eigenvalue weighted by atomic mass is 32.1. The fourth-order valence-electron chi connectivity index (χ4n) is 3.16. The number of fused-ring (bicyclic) bond motifs is 1. The second kappa shape index (κ2) is 7.13. The zero-order valence-corrected chi connectivity index (χ0v) is 15.4. The van der Waals surface area contributed by atoms with Crippen LogP contribution in [0.1, 0.15) is 17.6 Å². The normalized spacial score (nSPS) is 15.7. The van der Waals surface area contributed by atoms with E-state index in [4.69, 9.17) is 0 Å². The number of aromatic nitrogens is 3. The number of benzene rings is 1. The molecule has 0 atom stereocenters. The maximum Gasteiger partial charge on any atom is 0.275 e.